The number of aromatic nitrogens is 5. The van der Waals surface area contributed by atoms with Crippen LogP contribution in [0.5, 0.6) is 0 Å². The van der Waals surface area contributed by atoms with Crippen molar-refractivity contribution in [2.24, 2.45) is 7.05 Å². The van der Waals surface area contributed by atoms with E-state index in [1.54, 1.807) is 12.5 Å². The van der Waals surface area contributed by atoms with Gasteiger partial charge in [0.25, 0.3) is 5.91 Å². The fourth-order valence-electron chi connectivity index (χ4n) is 5.18. The molecule has 3 saturated carbocycles. The Morgan fingerprint density at radius 3 is 2.57 bits per heavy atom. The SMILES string of the molecule is CCn1c(C(=O)N(C2CC2)C2CC2)cc2c3c(ncn3C)c(Nc3ncc(CC(=O)NC4CC4)s3)nc21. The second-order valence-corrected chi connectivity index (χ2v) is 11.6. The Kier molecular flexibility index (Phi) is 5.24. The highest BCUT2D eigenvalue weighted by Crippen LogP contribution is 2.40. The molecule has 192 valence electrons. The number of thiazole rings is 1. The number of carbonyl (C=O) groups excluding carboxylic acids is 2. The Labute approximate surface area is 218 Å². The number of pyridine rings is 1. The molecule has 2 N–H and O–H groups in total. The number of hydrogen-bond acceptors (Lipinski definition) is 7. The number of anilines is 2. The van der Waals surface area contributed by atoms with Gasteiger partial charge in [0.05, 0.1) is 18.3 Å². The quantitative estimate of drug-likeness (QED) is 0.349. The van der Waals surface area contributed by atoms with Gasteiger partial charge >= 0.3 is 0 Å². The number of imidazole rings is 1. The minimum absolute atomic E-state index is 0.0359. The molecule has 4 aromatic heterocycles. The molecule has 3 fully saturated rings. The zero-order valence-corrected chi connectivity index (χ0v) is 21.8. The van der Waals surface area contributed by atoms with Crippen molar-refractivity contribution in [3.8, 4) is 0 Å². The van der Waals surface area contributed by atoms with Crippen molar-refractivity contribution in [2.75, 3.05) is 5.32 Å². The van der Waals surface area contributed by atoms with Gasteiger partial charge in [-0.2, -0.15) is 0 Å². The van der Waals surface area contributed by atoms with Crippen LogP contribution in [-0.2, 0) is 24.8 Å². The average molecular weight is 519 g/mol. The number of carbonyl (C=O) groups is 2. The van der Waals surface area contributed by atoms with Crippen molar-refractivity contribution in [1.82, 2.24) is 34.3 Å². The van der Waals surface area contributed by atoms with Crippen molar-refractivity contribution in [3.63, 3.8) is 0 Å². The Bertz CT molecular complexity index is 1530. The van der Waals surface area contributed by atoms with Gasteiger partial charge in [-0.05, 0) is 51.5 Å². The molecule has 3 aliphatic rings. The lowest BCUT2D eigenvalue weighted by Gasteiger charge is -2.22. The van der Waals surface area contributed by atoms with Crippen molar-refractivity contribution in [1.29, 1.82) is 0 Å². The summed E-state index contributed by atoms with van der Waals surface area (Å²) in [6, 6.07) is 3.12. The maximum absolute atomic E-state index is 13.8. The third-order valence-corrected chi connectivity index (χ3v) is 8.32. The minimum Gasteiger partial charge on any atom is -0.353 e. The highest BCUT2D eigenvalue weighted by atomic mass is 32.1. The lowest BCUT2D eigenvalue weighted by Crippen LogP contribution is -2.36. The Balaban J connectivity index is 1.25. The van der Waals surface area contributed by atoms with E-state index < -0.39 is 0 Å². The van der Waals surface area contributed by atoms with E-state index in [9.17, 15) is 9.59 Å². The number of rotatable bonds is 9. The molecule has 0 saturated heterocycles. The second kappa shape index (κ2) is 8.54. The van der Waals surface area contributed by atoms with Crippen LogP contribution >= 0.6 is 11.3 Å². The Morgan fingerprint density at radius 2 is 1.89 bits per heavy atom. The van der Waals surface area contributed by atoms with Crippen LogP contribution in [0.15, 0.2) is 18.6 Å². The number of aryl methyl sites for hydroxylation is 2. The fourth-order valence-corrected chi connectivity index (χ4v) is 5.99. The third kappa shape index (κ3) is 4.14. The fraction of sp³-hybridized carbons (Fsp3) is 0.500. The molecule has 11 heteroatoms. The molecule has 37 heavy (non-hydrogen) atoms. The molecule has 0 unspecified atom stereocenters. The molecule has 10 nitrogen and oxygen atoms in total. The molecule has 3 aliphatic carbocycles. The first-order valence-corrected chi connectivity index (χ1v) is 14.0. The maximum Gasteiger partial charge on any atom is 0.271 e. The van der Waals surface area contributed by atoms with Crippen LogP contribution in [0.1, 0.15) is 60.8 Å². The van der Waals surface area contributed by atoms with Gasteiger partial charge in [-0.25, -0.2) is 15.0 Å². The molecule has 7 rings (SSSR count). The third-order valence-electron chi connectivity index (χ3n) is 7.41. The van der Waals surface area contributed by atoms with Gasteiger partial charge in [-0.3, -0.25) is 9.59 Å². The standard InChI is InChI=1S/C26H30N8O2S/c1-3-33-19(25(36)34(15-6-7-15)16-8-9-16)11-18-22-21(28-13-32(22)2)23(30-24(18)33)31-26-27-12-17(37-26)10-20(35)29-14-4-5-14/h11-16H,3-10H2,1-2H3,(H,29,35)(H,27,30,31). The van der Waals surface area contributed by atoms with E-state index >= 15 is 0 Å². The molecule has 0 bridgehead atoms. The zero-order valence-electron chi connectivity index (χ0n) is 21.0. The number of nitrogens with zero attached hydrogens (tertiary/aromatic N) is 6. The van der Waals surface area contributed by atoms with E-state index in [2.05, 4.69) is 32.4 Å². The second-order valence-electron chi connectivity index (χ2n) is 10.5. The lowest BCUT2D eigenvalue weighted by molar-refractivity contribution is -0.120. The minimum atomic E-state index is 0.0359. The van der Waals surface area contributed by atoms with E-state index in [4.69, 9.17) is 4.98 Å². The first-order valence-electron chi connectivity index (χ1n) is 13.2. The van der Waals surface area contributed by atoms with E-state index in [0.717, 1.165) is 65.5 Å². The van der Waals surface area contributed by atoms with Gasteiger partial charge in [0.15, 0.2) is 10.9 Å². The summed E-state index contributed by atoms with van der Waals surface area (Å²) in [5, 5.41) is 7.96. The van der Waals surface area contributed by atoms with Crippen LogP contribution in [0.3, 0.4) is 0 Å². The van der Waals surface area contributed by atoms with E-state index in [0.29, 0.717) is 47.7 Å². The molecule has 0 aliphatic heterocycles. The molecule has 0 atom stereocenters. The number of amides is 2. The van der Waals surface area contributed by atoms with E-state index in [1.165, 1.54) is 11.3 Å². The summed E-state index contributed by atoms with van der Waals surface area (Å²) in [5.41, 5.74) is 3.11. The predicted octanol–water partition coefficient (Wildman–Crippen LogP) is 3.73. The Morgan fingerprint density at radius 1 is 1.14 bits per heavy atom. The van der Waals surface area contributed by atoms with Gasteiger partial charge in [-0.1, -0.05) is 0 Å². The molecule has 0 aromatic carbocycles. The van der Waals surface area contributed by atoms with Crippen LogP contribution in [0, 0.1) is 0 Å². The molecule has 0 spiro atoms. The first-order chi connectivity index (χ1) is 18.0. The summed E-state index contributed by atoms with van der Waals surface area (Å²) in [6.45, 7) is 2.69. The highest BCUT2D eigenvalue weighted by molar-refractivity contribution is 7.15. The zero-order chi connectivity index (χ0) is 25.3. The molecular weight excluding hydrogens is 488 g/mol. The number of nitrogens with one attached hydrogen (secondary N) is 2. The average Bonchev–Trinajstić information content (AvgIpc) is 3.82. The van der Waals surface area contributed by atoms with E-state index in [1.807, 2.05) is 22.2 Å². The smallest absolute Gasteiger partial charge is 0.271 e. The molecular formula is C26H30N8O2S. The van der Waals surface area contributed by atoms with Crippen LogP contribution in [0.4, 0.5) is 10.9 Å². The normalized spacial score (nSPS) is 17.5. The molecule has 4 heterocycles. The van der Waals surface area contributed by atoms with Crippen molar-refractivity contribution in [2.45, 2.75) is 76.5 Å². The van der Waals surface area contributed by atoms with Gasteiger partial charge < -0.3 is 24.7 Å². The van der Waals surface area contributed by atoms with Gasteiger partial charge in [-0.15, -0.1) is 11.3 Å². The largest absolute Gasteiger partial charge is 0.353 e. The summed E-state index contributed by atoms with van der Waals surface area (Å²) in [6.07, 6.45) is 10.4. The number of hydrogen-bond donors (Lipinski definition) is 2. The van der Waals surface area contributed by atoms with Crippen molar-refractivity contribution >= 4 is 56.2 Å². The summed E-state index contributed by atoms with van der Waals surface area (Å²) in [5.74, 6) is 0.747. The summed E-state index contributed by atoms with van der Waals surface area (Å²) in [4.78, 5) is 43.1. The monoisotopic (exact) mass is 518 g/mol. The van der Waals surface area contributed by atoms with Crippen LogP contribution < -0.4 is 10.6 Å². The molecule has 4 aromatic rings. The van der Waals surface area contributed by atoms with Crippen molar-refractivity contribution in [3.05, 3.63) is 29.2 Å². The highest BCUT2D eigenvalue weighted by Gasteiger charge is 2.43. The van der Waals surface area contributed by atoms with Crippen LogP contribution in [0.2, 0.25) is 0 Å². The number of fused-ring (bicyclic) bond motifs is 3. The molecule has 2 amide bonds. The van der Waals surface area contributed by atoms with Gasteiger partial charge in [0.1, 0.15) is 16.9 Å². The van der Waals surface area contributed by atoms with Gasteiger partial charge in [0, 0.05) is 48.2 Å². The first kappa shape index (κ1) is 22.7. The Hall–Kier alpha value is -3.47. The van der Waals surface area contributed by atoms with Crippen molar-refractivity contribution < 1.29 is 9.59 Å². The lowest BCUT2D eigenvalue weighted by atomic mass is 10.2. The topological polar surface area (TPSA) is 110 Å². The van der Waals surface area contributed by atoms with Crippen LogP contribution in [0.25, 0.3) is 22.1 Å². The van der Waals surface area contributed by atoms with Crippen LogP contribution in [-0.4, -0.2) is 58.9 Å². The predicted molar refractivity (Wildman–Crippen MR) is 142 cm³/mol. The summed E-state index contributed by atoms with van der Waals surface area (Å²) in [7, 11) is 1.96. The van der Waals surface area contributed by atoms with E-state index in [-0.39, 0.29) is 11.8 Å². The maximum atomic E-state index is 13.8. The summed E-state index contributed by atoms with van der Waals surface area (Å²) >= 11 is 1.44. The van der Waals surface area contributed by atoms with Gasteiger partial charge in [0.2, 0.25) is 5.91 Å². The molecule has 0 radical (unpaired) electrons. The summed E-state index contributed by atoms with van der Waals surface area (Å²) < 4.78 is 4.01.